The van der Waals surface area contributed by atoms with E-state index in [1.54, 1.807) is 0 Å². The molecule has 1 aromatic rings. The maximum Gasteiger partial charge on any atom is 0.0628 e. The van der Waals surface area contributed by atoms with E-state index in [-0.39, 0.29) is 6.10 Å². The molecule has 0 saturated heterocycles. The first kappa shape index (κ1) is 15.6. The number of aliphatic hydroxyl groups is 1. The van der Waals surface area contributed by atoms with Gasteiger partial charge in [0.05, 0.1) is 17.8 Å². The van der Waals surface area contributed by atoms with Gasteiger partial charge in [-0.15, -0.1) is 0 Å². The quantitative estimate of drug-likeness (QED) is 0.855. The molecule has 0 aliphatic heterocycles. The van der Waals surface area contributed by atoms with Crippen LogP contribution in [0.3, 0.4) is 0 Å². The highest BCUT2D eigenvalue weighted by Crippen LogP contribution is 2.33. The fourth-order valence-electron chi connectivity index (χ4n) is 3.56. The van der Waals surface area contributed by atoms with Crippen molar-refractivity contribution >= 4 is 0 Å². The van der Waals surface area contributed by atoms with Crippen molar-refractivity contribution in [2.45, 2.75) is 77.9 Å². The van der Waals surface area contributed by atoms with Crippen LogP contribution >= 0.6 is 0 Å². The van der Waals surface area contributed by atoms with Gasteiger partial charge in [-0.3, -0.25) is 4.68 Å². The number of aromatic nitrogens is 2. The summed E-state index contributed by atoms with van der Waals surface area (Å²) in [5, 5.41) is 15.0. The summed E-state index contributed by atoms with van der Waals surface area (Å²) in [5.41, 5.74) is 1.15. The number of hydrogen-bond acceptors (Lipinski definition) is 2. The van der Waals surface area contributed by atoms with Gasteiger partial charge in [-0.1, -0.05) is 27.2 Å². The second kappa shape index (κ2) is 7.26. The smallest absolute Gasteiger partial charge is 0.0628 e. The summed E-state index contributed by atoms with van der Waals surface area (Å²) < 4.78 is 2.11. The molecule has 0 amide bonds. The van der Waals surface area contributed by atoms with Crippen LogP contribution in [-0.4, -0.2) is 21.0 Å². The molecule has 1 aromatic heterocycles. The predicted octanol–water partition coefficient (Wildman–Crippen LogP) is 3.97. The van der Waals surface area contributed by atoms with Crippen LogP contribution in [0, 0.1) is 11.8 Å². The topological polar surface area (TPSA) is 38.0 Å². The second-order valence-electron chi connectivity index (χ2n) is 6.38. The van der Waals surface area contributed by atoms with E-state index in [4.69, 9.17) is 5.10 Å². The summed E-state index contributed by atoms with van der Waals surface area (Å²) in [6, 6.07) is 2.66. The summed E-state index contributed by atoms with van der Waals surface area (Å²) in [6.07, 6.45) is 9.73. The lowest BCUT2D eigenvalue weighted by atomic mass is 9.76. The van der Waals surface area contributed by atoms with Crippen molar-refractivity contribution in [3.8, 4) is 0 Å². The first-order valence-corrected chi connectivity index (χ1v) is 8.39. The Balaban J connectivity index is 1.98. The van der Waals surface area contributed by atoms with Gasteiger partial charge in [0.2, 0.25) is 0 Å². The molecule has 1 aliphatic carbocycles. The lowest BCUT2D eigenvalue weighted by Crippen LogP contribution is -2.30. The minimum atomic E-state index is -0.129. The second-order valence-corrected chi connectivity index (χ2v) is 6.38. The molecule has 3 nitrogen and oxygen atoms in total. The van der Waals surface area contributed by atoms with E-state index in [9.17, 15) is 5.11 Å². The number of rotatable bonds is 6. The Kier molecular flexibility index (Phi) is 5.64. The van der Waals surface area contributed by atoms with Crippen LogP contribution in [0.25, 0.3) is 0 Å². The largest absolute Gasteiger partial charge is 0.393 e. The van der Waals surface area contributed by atoms with Crippen LogP contribution in [0.1, 0.15) is 71.0 Å². The molecule has 3 heteroatoms. The van der Waals surface area contributed by atoms with Gasteiger partial charge in [-0.2, -0.15) is 5.10 Å². The standard InChI is InChI=1S/C17H30N2O/c1-4-13-7-8-17(20)14(11-13)12-15-9-10-19(18-15)16(5-2)6-3/h9-10,13-14,16-17,20H,4-8,11-12H2,1-3H3. The van der Waals surface area contributed by atoms with E-state index in [0.717, 1.165) is 43.7 Å². The van der Waals surface area contributed by atoms with Gasteiger partial charge in [-0.25, -0.2) is 0 Å². The zero-order valence-electron chi connectivity index (χ0n) is 13.3. The average molecular weight is 278 g/mol. The highest BCUT2D eigenvalue weighted by molar-refractivity contribution is 5.02. The van der Waals surface area contributed by atoms with Crippen molar-refractivity contribution in [3.63, 3.8) is 0 Å². The Labute approximate surface area is 123 Å². The fraction of sp³-hybridized carbons (Fsp3) is 0.824. The fourth-order valence-corrected chi connectivity index (χ4v) is 3.56. The van der Waals surface area contributed by atoms with Crippen LogP contribution in [0.4, 0.5) is 0 Å². The van der Waals surface area contributed by atoms with Crippen LogP contribution in [-0.2, 0) is 6.42 Å². The van der Waals surface area contributed by atoms with Crippen molar-refractivity contribution in [1.82, 2.24) is 9.78 Å². The van der Waals surface area contributed by atoms with Gasteiger partial charge in [-0.05, 0) is 56.4 Å². The maximum absolute atomic E-state index is 10.2. The third-order valence-electron chi connectivity index (χ3n) is 5.08. The first-order chi connectivity index (χ1) is 9.67. The lowest BCUT2D eigenvalue weighted by Gasteiger charge is -2.32. The van der Waals surface area contributed by atoms with Gasteiger partial charge < -0.3 is 5.11 Å². The van der Waals surface area contributed by atoms with E-state index in [1.807, 2.05) is 0 Å². The van der Waals surface area contributed by atoms with Gasteiger partial charge >= 0.3 is 0 Å². The van der Waals surface area contributed by atoms with Crippen LogP contribution in [0.5, 0.6) is 0 Å². The molecule has 0 spiro atoms. The number of hydrogen-bond donors (Lipinski definition) is 1. The highest BCUT2D eigenvalue weighted by Gasteiger charge is 2.29. The Morgan fingerprint density at radius 3 is 2.70 bits per heavy atom. The van der Waals surface area contributed by atoms with Gasteiger partial charge in [0.15, 0.2) is 0 Å². The van der Waals surface area contributed by atoms with E-state index in [2.05, 4.69) is 37.7 Å². The molecular weight excluding hydrogens is 248 g/mol. The van der Waals surface area contributed by atoms with Crippen LogP contribution in [0.2, 0.25) is 0 Å². The highest BCUT2D eigenvalue weighted by atomic mass is 16.3. The molecule has 2 rings (SSSR count). The molecule has 3 atom stereocenters. The molecule has 20 heavy (non-hydrogen) atoms. The molecule has 0 bridgehead atoms. The molecule has 0 aromatic carbocycles. The van der Waals surface area contributed by atoms with Crippen molar-refractivity contribution in [2.75, 3.05) is 0 Å². The summed E-state index contributed by atoms with van der Waals surface area (Å²) in [5.74, 6) is 1.20. The van der Waals surface area contributed by atoms with Crippen molar-refractivity contribution < 1.29 is 5.11 Å². The molecule has 1 fully saturated rings. The molecule has 1 saturated carbocycles. The summed E-state index contributed by atoms with van der Waals surface area (Å²) in [7, 11) is 0. The zero-order chi connectivity index (χ0) is 14.5. The van der Waals surface area contributed by atoms with Crippen molar-refractivity contribution in [2.24, 2.45) is 11.8 Å². The summed E-state index contributed by atoms with van der Waals surface area (Å²) in [6.45, 7) is 6.69. The zero-order valence-corrected chi connectivity index (χ0v) is 13.3. The van der Waals surface area contributed by atoms with Crippen molar-refractivity contribution in [1.29, 1.82) is 0 Å². The third-order valence-corrected chi connectivity index (χ3v) is 5.08. The minimum Gasteiger partial charge on any atom is -0.393 e. The average Bonchev–Trinajstić information content (AvgIpc) is 2.91. The molecule has 1 N–H and O–H groups in total. The van der Waals surface area contributed by atoms with E-state index >= 15 is 0 Å². The van der Waals surface area contributed by atoms with Gasteiger partial charge in [0.1, 0.15) is 0 Å². The van der Waals surface area contributed by atoms with Gasteiger partial charge in [0, 0.05) is 6.20 Å². The SMILES string of the molecule is CCC1CCC(O)C(Cc2ccn(C(CC)CC)n2)C1. The Morgan fingerprint density at radius 1 is 1.30 bits per heavy atom. The Hall–Kier alpha value is -0.830. The lowest BCUT2D eigenvalue weighted by molar-refractivity contribution is 0.0469. The monoisotopic (exact) mass is 278 g/mol. The van der Waals surface area contributed by atoms with E-state index in [0.29, 0.717) is 12.0 Å². The number of nitrogens with zero attached hydrogens (tertiary/aromatic N) is 2. The Bertz CT molecular complexity index is 397. The molecule has 3 unspecified atom stereocenters. The molecular formula is C17H30N2O. The van der Waals surface area contributed by atoms with E-state index < -0.39 is 0 Å². The summed E-state index contributed by atoms with van der Waals surface area (Å²) >= 11 is 0. The van der Waals surface area contributed by atoms with Crippen molar-refractivity contribution in [3.05, 3.63) is 18.0 Å². The maximum atomic E-state index is 10.2. The Morgan fingerprint density at radius 2 is 2.05 bits per heavy atom. The normalized spacial score (nSPS) is 27.1. The van der Waals surface area contributed by atoms with Crippen LogP contribution < -0.4 is 0 Å². The first-order valence-electron chi connectivity index (χ1n) is 8.39. The number of aliphatic hydroxyl groups excluding tert-OH is 1. The minimum absolute atomic E-state index is 0.129. The molecule has 114 valence electrons. The molecule has 1 aliphatic rings. The van der Waals surface area contributed by atoms with Crippen LogP contribution in [0.15, 0.2) is 12.3 Å². The summed E-state index contributed by atoms with van der Waals surface area (Å²) in [4.78, 5) is 0. The molecule has 0 radical (unpaired) electrons. The van der Waals surface area contributed by atoms with Gasteiger partial charge in [0.25, 0.3) is 0 Å². The third kappa shape index (κ3) is 3.63. The van der Waals surface area contributed by atoms with E-state index in [1.165, 1.54) is 12.8 Å². The molecule has 1 heterocycles. The predicted molar refractivity (Wildman–Crippen MR) is 82.7 cm³/mol.